The molecule has 3 aromatic rings. The Bertz CT molecular complexity index is 1030. The van der Waals surface area contributed by atoms with Crippen molar-refractivity contribution < 1.29 is 5.11 Å². The van der Waals surface area contributed by atoms with Crippen molar-refractivity contribution in [3.05, 3.63) is 95.8 Å². The molecule has 4 rings (SSSR count). The zero-order valence-corrected chi connectivity index (χ0v) is 16.3. The molecule has 1 aliphatic heterocycles. The zero-order chi connectivity index (χ0) is 19.7. The lowest BCUT2D eigenvalue weighted by atomic mass is 10.1. The van der Waals surface area contributed by atoms with Crippen molar-refractivity contribution >= 4 is 22.8 Å². The lowest BCUT2D eigenvalue weighted by molar-refractivity contribution is 0.145. The average Bonchev–Trinajstić information content (AvgIpc) is 2.95. The van der Waals surface area contributed by atoms with E-state index in [-0.39, 0.29) is 0 Å². The van der Waals surface area contributed by atoms with Crippen LogP contribution in [0.1, 0.15) is 23.6 Å². The van der Waals surface area contributed by atoms with Crippen LogP contribution in [0.2, 0.25) is 0 Å². The topological polar surface area (TPSA) is 48.7 Å². The number of nitrogens with zero attached hydrogens (tertiary/aromatic N) is 3. The quantitative estimate of drug-likeness (QED) is 0.703. The maximum absolute atomic E-state index is 11.5. The Kier molecular flexibility index (Phi) is 4.57. The van der Waals surface area contributed by atoms with Gasteiger partial charge in [0.2, 0.25) is 0 Å². The number of anilines is 1. The van der Waals surface area contributed by atoms with Gasteiger partial charge in [-0.2, -0.15) is 0 Å². The van der Waals surface area contributed by atoms with E-state index in [1.807, 2.05) is 78.6 Å². The third-order valence-corrected chi connectivity index (χ3v) is 4.99. The normalized spacial score (nSPS) is 20.5. The minimum Gasteiger partial charge on any atom is -0.365 e. The van der Waals surface area contributed by atoms with Crippen LogP contribution in [0.5, 0.6) is 0 Å². The molecule has 4 nitrogen and oxygen atoms in total. The molecule has 0 bridgehead atoms. The number of aliphatic hydroxyl groups is 1. The number of pyridine rings is 1. The second-order valence-electron chi connectivity index (χ2n) is 7.29. The molecule has 0 spiro atoms. The molecule has 0 saturated heterocycles. The Hall–Kier alpha value is -3.24. The highest BCUT2D eigenvalue weighted by molar-refractivity contribution is 6.16. The molecule has 4 heteroatoms. The van der Waals surface area contributed by atoms with Crippen LogP contribution in [0.15, 0.2) is 84.1 Å². The van der Waals surface area contributed by atoms with Gasteiger partial charge in [0.05, 0.1) is 17.1 Å². The standard InChI is InChI=1S/C24H23N3O/c1-17-4-8-20(9-5-17)26-23-16-22(19-12-14-25-15-13-19)27(24(23,3)28)21-10-6-18(2)7-11-21/h4-16,28H,1-3H3/t24-/m1/s1. The molecular weight excluding hydrogens is 346 g/mol. The summed E-state index contributed by atoms with van der Waals surface area (Å²) in [6.45, 7) is 5.88. The molecule has 0 aliphatic carbocycles. The predicted molar refractivity (Wildman–Crippen MR) is 115 cm³/mol. The van der Waals surface area contributed by atoms with E-state index in [0.29, 0.717) is 5.71 Å². The van der Waals surface area contributed by atoms with Crippen LogP contribution in [0.4, 0.5) is 11.4 Å². The highest BCUT2D eigenvalue weighted by atomic mass is 16.3. The first-order valence-electron chi connectivity index (χ1n) is 9.32. The van der Waals surface area contributed by atoms with Gasteiger partial charge in [-0.15, -0.1) is 0 Å². The summed E-state index contributed by atoms with van der Waals surface area (Å²) in [4.78, 5) is 10.8. The van der Waals surface area contributed by atoms with Gasteiger partial charge in [-0.25, -0.2) is 4.99 Å². The monoisotopic (exact) mass is 369 g/mol. The van der Waals surface area contributed by atoms with Gasteiger partial charge in [0.25, 0.3) is 0 Å². The van der Waals surface area contributed by atoms with Gasteiger partial charge >= 0.3 is 0 Å². The molecule has 2 aromatic carbocycles. The molecule has 2 heterocycles. The zero-order valence-electron chi connectivity index (χ0n) is 16.3. The summed E-state index contributed by atoms with van der Waals surface area (Å²) in [6.07, 6.45) is 5.47. The molecule has 1 N–H and O–H groups in total. The van der Waals surface area contributed by atoms with Crippen molar-refractivity contribution in [1.82, 2.24) is 4.98 Å². The van der Waals surface area contributed by atoms with E-state index in [1.165, 1.54) is 11.1 Å². The van der Waals surface area contributed by atoms with Crippen LogP contribution < -0.4 is 4.90 Å². The van der Waals surface area contributed by atoms with Crippen molar-refractivity contribution in [3.8, 4) is 0 Å². The Morgan fingerprint density at radius 1 is 0.857 bits per heavy atom. The van der Waals surface area contributed by atoms with Gasteiger partial charge in [-0.1, -0.05) is 35.4 Å². The van der Waals surface area contributed by atoms with Crippen LogP contribution in [0.3, 0.4) is 0 Å². The fourth-order valence-electron chi connectivity index (χ4n) is 3.40. The molecule has 1 atom stereocenters. The first kappa shape index (κ1) is 18.1. The van der Waals surface area contributed by atoms with Crippen molar-refractivity contribution in [1.29, 1.82) is 0 Å². The Balaban J connectivity index is 1.85. The Labute approximate surface area is 165 Å². The first-order valence-corrected chi connectivity index (χ1v) is 9.32. The molecule has 1 aromatic heterocycles. The summed E-state index contributed by atoms with van der Waals surface area (Å²) in [5.74, 6) is 0. The van der Waals surface area contributed by atoms with E-state index in [1.54, 1.807) is 19.3 Å². The maximum atomic E-state index is 11.5. The third-order valence-electron chi connectivity index (χ3n) is 4.99. The second kappa shape index (κ2) is 7.06. The fourth-order valence-corrected chi connectivity index (χ4v) is 3.40. The highest BCUT2D eigenvalue weighted by Crippen LogP contribution is 2.39. The summed E-state index contributed by atoms with van der Waals surface area (Å²) in [5, 5.41) is 11.5. The fraction of sp³-hybridized carbons (Fsp3) is 0.167. The maximum Gasteiger partial charge on any atom is 0.183 e. The minimum atomic E-state index is -1.28. The molecule has 1 aliphatic rings. The molecule has 0 amide bonds. The molecule has 0 unspecified atom stereocenters. The number of hydrogen-bond donors (Lipinski definition) is 1. The van der Waals surface area contributed by atoms with Crippen LogP contribution in [0, 0.1) is 13.8 Å². The number of hydrogen-bond acceptors (Lipinski definition) is 4. The minimum absolute atomic E-state index is 0.601. The highest BCUT2D eigenvalue weighted by Gasteiger charge is 2.42. The lowest BCUT2D eigenvalue weighted by Gasteiger charge is -2.35. The van der Waals surface area contributed by atoms with Crippen LogP contribution in [-0.4, -0.2) is 21.5 Å². The number of rotatable bonds is 3. The summed E-state index contributed by atoms with van der Waals surface area (Å²) < 4.78 is 0. The van der Waals surface area contributed by atoms with Crippen molar-refractivity contribution in [3.63, 3.8) is 0 Å². The number of benzene rings is 2. The molecule has 0 saturated carbocycles. The largest absolute Gasteiger partial charge is 0.365 e. The van der Waals surface area contributed by atoms with E-state index in [0.717, 1.165) is 22.6 Å². The van der Waals surface area contributed by atoms with Crippen LogP contribution in [-0.2, 0) is 0 Å². The second-order valence-corrected chi connectivity index (χ2v) is 7.29. The average molecular weight is 369 g/mol. The summed E-state index contributed by atoms with van der Waals surface area (Å²) in [6, 6.07) is 20.0. The number of aliphatic imine (C=N–C) groups is 1. The van der Waals surface area contributed by atoms with Crippen molar-refractivity contribution in [2.24, 2.45) is 4.99 Å². The van der Waals surface area contributed by atoms with Gasteiger partial charge in [0.1, 0.15) is 0 Å². The third kappa shape index (κ3) is 3.35. The predicted octanol–water partition coefficient (Wildman–Crippen LogP) is 5.04. The Morgan fingerprint density at radius 3 is 2.04 bits per heavy atom. The molecule has 140 valence electrons. The van der Waals surface area contributed by atoms with E-state index in [4.69, 9.17) is 4.99 Å². The van der Waals surface area contributed by atoms with E-state index >= 15 is 0 Å². The summed E-state index contributed by atoms with van der Waals surface area (Å²) in [7, 11) is 0. The number of aryl methyl sites for hydroxylation is 2. The van der Waals surface area contributed by atoms with Crippen molar-refractivity contribution in [2.45, 2.75) is 26.5 Å². The smallest absolute Gasteiger partial charge is 0.183 e. The summed E-state index contributed by atoms with van der Waals surface area (Å²) in [5.41, 5.74) is 5.27. The van der Waals surface area contributed by atoms with Crippen molar-refractivity contribution in [2.75, 3.05) is 4.90 Å². The Morgan fingerprint density at radius 2 is 1.43 bits per heavy atom. The molecule has 0 radical (unpaired) electrons. The lowest BCUT2D eigenvalue weighted by Crippen LogP contribution is -2.46. The molecule has 28 heavy (non-hydrogen) atoms. The van der Waals surface area contributed by atoms with Gasteiger partial charge in [0, 0.05) is 23.6 Å². The van der Waals surface area contributed by atoms with E-state index in [2.05, 4.69) is 11.9 Å². The van der Waals surface area contributed by atoms with Gasteiger partial charge < -0.3 is 10.0 Å². The molecular formula is C24H23N3O. The SMILES string of the molecule is Cc1ccc(N=C2C=C(c3ccncc3)N(c3ccc(C)cc3)[C@]2(C)O)cc1. The van der Waals surface area contributed by atoms with Crippen LogP contribution in [0.25, 0.3) is 5.70 Å². The number of aromatic nitrogens is 1. The molecule has 0 fully saturated rings. The van der Waals surface area contributed by atoms with E-state index in [9.17, 15) is 5.11 Å². The van der Waals surface area contributed by atoms with Gasteiger partial charge in [-0.3, -0.25) is 4.98 Å². The van der Waals surface area contributed by atoms with Crippen LogP contribution >= 0.6 is 0 Å². The first-order chi connectivity index (χ1) is 13.4. The van der Waals surface area contributed by atoms with Gasteiger partial charge in [0.15, 0.2) is 5.72 Å². The van der Waals surface area contributed by atoms with E-state index < -0.39 is 5.72 Å². The van der Waals surface area contributed by atoms with Gasteiger partial charge in [-0.05, 0) is 63.2 Å². The summed E-state index contributed by atoms with van der Waals surface area (Å²) >= 11 is 0.